The molecule has 0 bridgehead atoms. The second kappa shape index (κ2) is 4.52. The molecule has 2 atom stereocenters. The van der Waals surface area contributed by atoms with Crippen LogP contribution in [-0.4, -0.2) is 25.7 Å². The molecule has 1 aromatic carbocycles. The van der Waals surface area contributed by atoms with Gasteiger partial charge in [-0.1, -0.05) is 12.1 Å². The van der Waals surface area contributed by atoms with Crippen LogP contribution in [0.5, 0.6) is 11.5 Å². The molecule has 0 saturated heterocycles. The highest BCUT2D eigenvalue weighted by Crippen LogP contribution is 2.52. The Morgan fingerprint density at radius 2 is 2.22 bits per heavy atom. The molecule has 0 aromatic heterocycles. The highest BCUT2D eigenvalue weighted by Gasteiger charge is 2.40. The number of carbonyl (C=O) groups excluding carboxylic acids is 1. The molecule has 0 radical (unpaired) electrons. The second-order valence-corrected chi connectivity index (χ2v) is 4.91. The van der Waals surface area contributed by atoms with Crippen molar-refractivity contribution in [3.05, 3.63) is 23.8 Å². The Kier molecular flexibility index (Phi) is 2.86. The fraction of sp³-hybridized carbons (Fsp3) is 0.500. The number of rotatable bonds is 3. The molecule has 3 rings (SSSR count). The molecule has 0 spiro atoms. The van der Waals surface area contributed by atoms with E-state index in [0.717, 1.165) is 24.5 Å². The fourth-order valence-electron chi connectivity index (χ4n) is 2.52. The SMILES string of the molecule is CC(=O)NCC1CC1c1cccc2c1OCCO2. The molecule has 2 aliphatic rings. The lowest BCUT2D eigenvalue weighted by molar-refractivity contribution is -0.119. The van der Waals surface area contributed by atoms with Gasteiger partial charge in [-0.25, -0.2) is 0 Å². The molecule has 1 saturated carbocycles. The van der Waals surface area contributed by atoms with Crippen molar-refractivity contribution in [1.29, 1.82) is 0 Å². The molecule has 1 aromatic rings. The van der Waals surface area contributed by atoms with E-state index in [9.17, 15) is 4.79 Å². The van der Waals surface area contributed by atoms with E-state index in [1.54, 1.807) is 6.92 Å². The first-order valence-electron chi connectivity index (χ1n) is 6.38. The van der Waals surface area contributed by atoms with Crippen molar-refractivity contribution in [1.82, 2.24) is 5.32 Å². The van der Waals surface area contributed by atoms with Crippen LogP contribution in [0.1, 0.15) is 24.8 Å². The summed E-state index contributed by atoms with van der Waals surface area (Å²) in [6.45, 7) is 3.55. The van der Waals surface area contributed by atoms with Crippen LogP contribution in [0.2, 0.25) is 0 Å². The average Bonchev–Trinajstić information content (AvgIpc) is 3.15. The molecule has 1 N–H and O–H groups in total. The molecule has 96 valence electrons. The van der Waals surface area contributed by atoms with Crippen LogP contribution in [0.4, 0.5) is 0 Å². The number of fused-ring (bicyclic) bond motifs is 1. The van der Waals surface area contributed by atoms with Crippen molar-refractivity contribution < 1.29 is 14.3 Å². The van der Waals surface area contributed by atoms with Gasteiger partial charge in [0.25, 0.3) is 0 Å². The zero-order valence-electron chi connectivity index (χ0n) is 10.4. The molecule has 4 heteroatoms. The van der Waals surface area contributed by atoms with Crippen molar-refractivity contribution in [2.24, 2.45) is 5.92 Å². The molecular weight excluding hydrogens is 230 g/mol. The number of para-hydroxylation sites is 1. The Bertz CT molecular complexity index is 472. The van der Waals surface area contributed by atoms with Crippen LogP contribution in [0.3, 0.4) is 0 Å². The number of nitrogens with one attached hydrogen (secondary N) is 1. The molecule has 1 aliphatic carbocycles. The van der Waals surface area contributed by atoms with Crippen molar-refractivity contribution in [2.45, 2.75) is 19.3 Å². The summed E-state index contributed by atoms with van der Waals surface area (Å²) in [5, 5.41) is 2.88. The van der Waals surface area contributed by atoms with E-state index in [1.807, 2.05) is 12.1 Å². The molecule has 1 amide bonds. The summed E-state index contributed by atoms with van der Waals surface area (Å²) in [6, 6.07) is 6.06. The summed E-state index contributed by atoms with van der Waals surface area (Å²) in [7, 11) is 0. The van der Waals surface area contributed by atoms with Gasteiger partial charge in [0.2, 0.25) is 5.91 Å². The summed E-state index contributed by atoms with van der Waals surface area (Å²) in [5.74, 6) is 2.82. The van der Waals surface area contributed by atoms with Crippen LogP contribution < -0.4 is 14.8 Å². The Hall–Kier alpha value is -1.71. The summed E-state index contributed by atoms with van der Waals surface area (Å²) in [6.07, 6.45) is 1.11. The van der Waals surface area contributed by atoms with Gasteiger partial charge in [-0.05, 0) is 24.3 Å². The van der Waals surface area contributed by atoms with E-state index in [2.05, 4.69) is 11.4 Å². The molecule has 1 heterocycles. The van der Waals surface area contributed by atoms with Gasteiger partial charge in [-0.2, -0.15) is 0 Å². The summed E-state index contributed by atoms with van der Waals surface area (Å²) in [4.78, 5) is 10.9. The van der Waals surface area contributed by atoms with Crippen molar-refractivity contribution in [3.63, 3.8) is 0 Å². The number of benzene rings is 1. The van der Waals surface area contributed by atoms with Gasteiger partial charge in [0.1, 0.15) is 13.2 Å². The Balaban J connectivity index is 1.72. The minimum Gasteiger partial charge on any atom is -0.486 e. The van der Waals surface area contributed by atoms with Crippen LogP contribution in [-0.2, 0) is 4.79 Å². The van der Waals surface area contributed by atoms with E-state index < -0.39 is 0 Å². The lowest BCUT2D eigenvalue weighted by atomic mass is 10.1. The number of carbonyl (C=O) groups is 1. The number of hydrogen-bond donors (Lipinski definition) is 1. The molecule has 1 fully saturated rings. The highest BCUT2D eigenvalue weighted by atomic mass is 16.6. The quantitative estimate of drug-likeness (QED) is 0.884. The third-order valence-electron chi connectivity index (χ3n) is 3.53. The molecule has 2 unspecified atom stereocenters. The second-order valence-electron chi connectivity index (χ2n) is 4.91. The molecular formula is C14H17NO3. The summed E-state index contributed by atoms with van der Waals surface area (Å²) < 4.78 is 11.3. The third-order valence-corrected chi connectivity index (χ3v) is 3.53. The van der Waals surface area contributed by atoms with E-state index in [1.165, 1.54) is 5.56 Å². The number of amides is 1. The normalized spacial score (nSPS) is 24.5. The van der Waals surface area contributed by atoms with Gasteiger partial charge in [-0.15, -0.1) is 0 Å². The van der Waals surface area contributed by atoms with E-state index in [4.69, 9.17) is 9.47 Å². The van der Waals surface area contributed by atoms with Crippen molar-refractivity contribution in [3.8, 4) is 11.5 Å². The van der Waals surface area contributed by atoms with Crippen molar-refractivity contribution >= 4 is 5.91 Å². The third kappa shape index (κ3) is 2.15. The van der Waals surface area contributed by atoms with Gasteiger partial charge < -0.3 is 14.8 Å². The zero-order chi connectivity index (χ0) is 12.5. The average molecular weight is 247 g/mol. The number of ether oxygens (including phenoxy) is 2. The largest absolute Gasteiger partial charge is 0.486 e. The standard InChI is InChI=1S/C14H17NO3/c1-9(16)15-8-10-7-12(10)11-3-2-4-13-14(11)18-6-5-17-13/h2-4,10,12H,5-8H2,1H3,(H,15,16). The van der Waals surface area contributed by atoms with Gasteiger partial charge in [0.15, 0.2) is 11.5 Å². The lowest BCUT2D eigenvalue weighted by Crippen LogP contribution is -2.22. The molecule has 4 nitrogen and oxygen atoms in total. The summed E-state index contributed by atoms with van der Waals surface area (Å²) in [5.41, 5.74) is 1.22. The fourth-order valence-corrected chi connectivity index (χ4v) is 2.52. The first kappa shape index (κ1) is 11.4. The van der Waals surface area contributed by atoms with E-state index in [-0.39, 0.29) is 5.91 Å². The van der Waals surface area contributed by atoms with E-state index in [0.29, 0.717) is 25.0 Å². The predicted molar refractivity (Wildman–Crippen MR) is 67.0 cm³/mol. The highest BCUT2D eigenvalue weighted by molar-refractivity contribution is 5.72. The smallest absolute Gasteiger partial charge is 0.216 e. The first-order chi connectivity index (χ1) is 8.75. The van der Waals surface area contributed by atoms with Crippen molar-refractivity contribution in [2.75, 3.05) is 19.8 Å². The Morgan fingerprint density at radius 3 is 3.06 bits per heavy atom. The number of hydrogen-bond acceptors (Lipinski definition) is 3. The maximum Gasteiger partial charge on any atom is 0.216 e. The van der Waals surface area contributed by atoms with Crippen LogP contribution >= 0.6 is 0 Å². The van der Waals surface area contributed by atoms with Crippen LogP contribution in [0.25, 0.3) is 0 Å². The van der Waals surface area contributed by atoms with Gasteiger partial charge in [0.05, 0.1) is 0 Å². The maximum absolute atomic E-state index is 10.9. The van der Waals surface area contributed by atoms with Crippen LogP contribution in [0, 0.1) is 5.92 Å². The Morgan fingerprint density at radius 1 is 1.39 bits per heavy atom. The minimum absolute atomic E-state index is 0.0373. The van der Waals surface area contributed by atoms with Gasteiger partial charge in [0, 0.05) is 19.0 Å². The first-order valence-corrected chi connectivity index (χ1v) is 6.38. The topological polar surface area (TPSA) is 47.6 Å². The van der Waals surface area contributed by atoms with Crippen LogP contribution in [0.15, 0.2) is 18.2 Å². The maximum atomic E-state index is 10.9. The monoisotopic (exact) mass is 247 g/mol. The minimum atomic E-state index is 0.0373. The summed E-state index contributed by atoms with van der Waals surface area (Å²) >= 11 is 0. The van der Waals surface area contributed by atoms with E-state index >= 15 is 0 Å². The molecule has 1 aliphatic heterocycles. The zero-order valence-corrected chi connectivity index (χ0v) is 10.4. The predicted octanol–water partition coefficient (Wildman–Crippen LogP) is 1.70. The van der Waals surface area contributed by atoms with Gasteiger partial charge in [-0.3, -0.25) is 4.79 Å². The lowest BCUT2D eigenvalue weighted by Gasteiger charge is -2.21. The Labute approximate surface area is 106 Å². The molecule has 18 heavy (non-hydrogen) atoms. The van der Waals surface area contributed by atoms with Gasteiger partial charge >= 0.3 is 0 Å².